The molecule has 1 unspecified atom stereocenters. The van der Waals surface area contributed by atoms with Crippen molar-refractivity contribution in [1.82, 2.24) is 4.90 Å². The third-order valence-corrected chi connectivity index (χ3v) is 6.20. The van der Waals surface area contributed by atoms with Crippen molar-refractivity contribution in [3.05, 3.63) is 53.1 Å². The number of anilines is 1. The van der Waals surface area contributed by atoms with Gasteiger partial charge in [-0.25, -0.2) is 4.79 Å². The number of nitrogens with two attached hydrogens (primary N) is 1. The second kappa shape index (κ2) is 12.2. The van der Waals surface area contributed by atoms with E-state index in [4.69, 9.17) is 19.9 Å². The minimum absolute atomic E-state index is 0.130. The van der Waals surface area contributed by atoms with Crippen LogP contribution in [-0.4, -0.2) is 60.8 Å². The molecule has 0 aromatic heterocycles. The van der Waals surface area contributed by atoms with Crippen LogP contribution in [0.4, 0.5) is 10.5 Å². The van der Waals surface area contributed by atoms with Crippen molar-refractivity contribution in [2.75, 3.05) is 31.2 Å². The number of primary amides is 1. The second-order valence-electron chi connectivity index (χ2n) is 10.4. The fourth-order valence-corrected chi connectivity index (χ4v) is 4.60. The van der Waals surface area contributed by atoms with Crippen LogP contribution in [0.1, 0.15) is 63.0 Å². The zero-order valence-corrected chi connectivity index (χ0v) is 23.2. The molecule has 9 heteroatoms. The number of carbonyl (C=O) groups is 3. The fraction of sp³-hybridized carbons (Fsp3) is 0.483. The van der Waals surface area contributed by atoms with Crippen LogP contribution in [-0.2, 0) is 22.4 Å². The number of para-hydroxylation sites is 2. The molecule has 3 rings (SSSR count). The lowest BCUT2D eigenvalue weighted by molar-refractivity contribution is -0.116. The normalized spacial score (nSPS) is 13.5. The number of nitrogens with zero attached hydrogens (tertiary/aromatic N) is 2. The first kappa shape index (κ1) is 28.8. The molecular formula is C29H39N3O6. The van der Waals surface area contributed by atoms with E-state index in [1.807, 2.05) is 65.0 Å². The molecule has 0 spiro atoms. The van der Waals surface area contributed by atoms with Gasteiger partial charge in [-0.15, -0.1) is 0 Å². The maximum atomic E-state index is 13.2. The third-order valence-electron chi connectivity index (χ3n) is 6.20. The van der Waals surface area contributed by atoms with Gasteiger partial charge in [-0.3, -0.25) is 9.59 Å². The first-order valence-corrected chi connectivity index (χ1v) is 13.0. The standard InChI is InChI=1S/C29H39N3O6/c1-7-36-24-10-8-9-11-25(24)37-15-14-31(28(35)38-29(4,5)6)19(2)16-21-17-22-12-13-32(20(3)33)26(22)23(18-21)27(30)34/h8-11,17-19H,7,12-16H2,1-6H3,(H2,30,34). The topological polar surface area (TPSA) is 111 Å². The Hall–Kier alpha value is -3.75. The summed E-state index contributed by atoms with van der Waals surface area (Å²) in [5.41, 5.74) is 7.69. The van der Waals surface area contributed by atoms with Crippen molar-refractivity contribution >= 4 is 23.6 Å². The van der Waals surface area contributed by atoms with Gasteiger partial charge in [-0.1, -0.05) is 18.2 Å². The molecule has 0 aliphatic carbocycles. The smallest absolute Gasteiger partial charge is 0.410 e. The Bertz CT molecular complexity index is 1170. The van der Waals surface area contributed by atoms with Gasteiger partial charge in [0.15, 0.2) is 11.5 Å². The molecular weight excluding hydrogens is 486 g/mol. The molecule has 9 nitrogen and oxygen atoms in total. The van der Waals surface area contributed by atoms with Crippen LogP contribution in [0, 0.1) is 0 Å². The Morgan fingerprint density at radius 3 is 2.34 bits per heavy atom. The van der Waals surface area contributed by atoms with Gasteiger partial charge in [0.25, 0.3) is 5.91 Å². The van der Waals surface area contributed by atoms with E-state index in [2.05, 4.69) is 0 Å². The summed E-state index contributed by atoms with van der Waals surface area (Å²) in [6.07, 6.45) is 0.647. The number of benzene rings is 2. The van der Waals surface area contributed by atoms with E-state index in [0.29, 0.717) is 48.7 Å². The molecule has 0 radical (unpaired) electrons. The summed E-state index contributed by atoms with van der Waals surface area (Å²) < 4.78 is 17.3. The van der Waals surface area contributed by atoms with Gasteiger partial charge in [0.05, 0.1) is 24.4 Å². The predicted molar refractivity (Wildman–Crippen MR) is 146 cm³/mol. The molecule has 1 atom stereocenters. The Labute approximate surface area is 224 Å². The van der Waals surface area contributed by atoms with Gasteiger partial charge >= 0.3 is 6.09 Å². The average Bonchev–Trinajstić information content (AvgIpc) is 3.25. The maximum Gasteiger partial charge on any atom is 0.410 e. The van der Waals surface area contributed by atoms with E-state index in [-0.39, 0.29) is 25.1 Å². The Balaban J connectivity index is 1.81. The minimum Gasteiger partial charge on any atom is -0.490 e. The van der Waals surface area contributed by atoms with E-state index in [1.165, 1.54) is 6.92 Å². The van der Waals surface area contributed by atoms with Gasteiger partial charge in [0.1, 0.15) is 12.2 Å². The van der Waals surface area contributed by atoms with Gasteiger partial charge in [0.2, 0.25) is 5.91 Å². The summed E-state index contributed by atoms with van der Waals surface area (Å²) in [7, 11) is 0. The number of carbonyl (C=O) groups excluding carboxylic acids is 3. The van der Waals surface area contributed by atoms with E-state index >= 15 is 0 Å². The highest BCUT2D eigenvalue weighted by Gasteiger charge is 2.30. The maximum absolute atomic E-state index is 13.2. The number of amides is 3. The monoisotopic (exact) mass is 525 g/mol. The number of hydrogen-bond donors (Lipinski definition) is 1. The SMILES string of the molecule is CCOc1ccccc1OCCN(C(=O)OC(C)(C)C)C(C)Cc1cc2c(c(C(N)=O)c1)N(C(C)=O)CC2. The van der Waals surface area contributed by atoms with Gasteiger partial charge in [-0.05, 0) is 76.8 Å². The lowest BCUT2D eigenvalue weighted by Gasteiger charge is -2.32. The summed E-state index contributed by atoms with van der Waals surface area (Å²) in [6, 6.07) is 10.8. The van der Waals surface area contributed by atoms with E-state index in [0.717, 1.165) is 11.1 Å². The quantitative estimate of drug-likeness (QED) is 0.494. The molecule has 0 fully saturated rings. The lowest BCUT2D eigenvalue weighted by Crippen LogP contribution is -2.45. The van der Waals surface area contributed by atoms with E-state index in [9.17, 15) is 14.4 Å². The van der Waals surface area contributed by atoms with Crippen LogP contribution in [0.2, 0.25) is 0 Å². The van der Waals surface area contributed by atoms with Crippen molar-refractivity contribution in [3.8, 4) is 11.5 Å². The first-order valence-electron chi connectivity index (χ1n) is 13.0. The fourth-order valence-electron chi connectivity index (χ4n) is 4.60. The largest absolute Gasteiger partial charge is 0.490 e. The number of hydrogen-bond acceptors (Lipinski definition) is 6. The van der Waals surface area contributed by atoms with E-state index < -0.39 is 17.6 Å². The van der Waals surface area contributed by atoms with Crippen molar-refractivity contribution in [3.63, 3.8) is 0 Å². The highest BCUT2D eigenvalue weighted by Crippen LogP contribution is 2.34. The van der Waals surface area contributed by atoms with Gasteiger partial charge in [0, 0.05) is 19.5 Å². The van der Waals surface area contributed by atoms with Crippen LogP contribution >= 0.6 is 0 Å². The molecule has 206 valence electrons. The van der Waals surface area contributed by atoms with Crippen LogP contribution in [0.25, 0.3) is 0 Å². The molecule has 0 bridgehead atoms. The highest BCUT2D eigenvalue weighted by molar-refractivity contribution is 6.05. The zero-order chi connectivity index (χ0) is 28.0. The summed E-state index contributed by atoms with van der Waals surface area (Å²) in [6.45, 7) is 12.3. The number of ether oxygens (including phenoxy) is 3. The van der Waals surface area contributed by atoms with Gasteiger partial charge < -0.3 is 29.7 Å². The van der Waals surface area contributed by atoms with Crippen LogP contribution in [0.3, 0.4) is 0 Å². The molecule has 0 saturated heterocycles. The van der Waals surface area contributed by atoms with Crippen molar-refractivity contribution in [2.45, 2.75) is 66.0 Å². The van der Waals surface area contributed by atoms with Crippen molar-refractivity contribution in [2.24, 2.45) is 5.73 Å². The van der Waals surface area contributed by atoms with Gasteiger partial charge in [-0.2, -0.15) is 0 Å². The van der Waals surface area contributed by atoms with E-state index in [1.54, 1.807) is 15.9 Å². The number of fused-ring (bicyclic) bond motifs is 1. The molecule has 1 heterocycles. The third kappa shape index (κ3) is 7.18. The first-order chi connectivity index (χ1) is 17.9. The molecule has 2 aromatic rings. The molecule has 1 aliphatic rings. The summed E-state index contributed by atoms with van der Waals surface area (Å²) in [5.74, 6) is 0.526. The molecule has 38 heavy (non-hydrogen) atoms. The highest BCUT2D eigenvalue weighted by atomic mass is 16.6. The number of rotatable bonds is 10. The molecule has 3 amide bonds. The molecule has 2 N–H and O–H groups in total. The van der Waals surface area contributed by atoms with Crippen LogP contribution in [0.15, 0.2) is 36.4 Å². The molecule has 2 aromatic carbocycles. The van der Waals surface area contributed by atoms with Crippen molar-refractivity contribution < 1.29 is 28.6 Å². The second-order valence-corrected chi connectivity index (χ2v) is 10.4. The molecule has 0 saturated carbocycles. The summed E-state index contributed by atoms with van der Waals surface area (Å²) in [4.78, 5) is 40.8. The summed E-state index contributed by atoms with van der Waals surface area (Å²) in [5, 5.41) is 0. The molecule has 1 aliphatic heterocycles. The van der Waals surface area contributed by atoms with Crippen LogP contribution < -0.4 is 20.1 Å². The van der Waals surface area contributed by atoms with Crippen LogP contribution in [0.5, 0.6) is 11.5 Å². The predicted octanol–water partition coefficient (Wildman–Crippen LogP) is 4.34. The zero-order valence-electron chi connectivity index (χ0n) is 23.2. The summed E-state index contributed by atoms with van der Waals surface area (Å²) >= 11 is 0. The Kier molecular flexibility index (Phi) is 9.25. The lowest BCUT2D eigenvalue weighted by atomic mass is 9.97. The average molecular weight is 526 g/mol. The Morgan fingerprint density at radius 1 is 1.11 bits per heavy atom. The minimum atomic E-state index is -0.666. The Morgan fingerprint density at radius 2 is 1.76 bits per heavy atom. The van der Waals surface area contributed by atoms with Crippen molar-refractivity contribution in [1.29, 1.82) is 0 Å².